The van der Waals surface area contributed by atoms with Crippen molar-refractivity contribution in [3.05, 3.63) is 65.4 Å². The van der Waals surface area contributed by atoms with Gasteiger partial charge in [0.15, 0.2) is 0 Å². The largest absolute Gasteiger partial charge is 0.487 e. The Morgan fingerprint density at radius 3 is 2.57 bits per heavy atom. The van der Waals surface area contributed by atoms with Gasteiger partial charge in [0, 0.05) is 23.5 Å². The summed E-state index contributed by atoms with van der Waals surface area (Å²) in [6.07, 6.45) is 0. The molecule has 3 nitrogen and oxygen atoms in total. The van der Waals surface area contributed by atoms with Gasteiger partial charge in [-0.25, -0.2) is 0 Å². The maximum absolute atomic E-state index is 6.05. The van der Waals surface area contributed by atoms with Crippen molar-refractivity contribution in [3.8, 4) is 5.75 Å². The Morgan fingerprint density at radius 1 is 1.09 bits per heavy atom. The lowest BCUT2D eigenvalue weighted by atomic mass is 10.1. The third-order valence-electron chi connectivity index (χ3n) is 4.21. The molecular formula is C20H24N2O. The van der Waals surface area contributed by atoms with Crippen LogP contribution in [0.2, 0.25) is 0 Å². The third kappa shape index (κ3) is 3.10. The van der Waals surface area contributed by atoms with Crippen LogP contribution >= 0.6 is 0 Å². The number of benzene rings is 2. The molecule has 3 heteroatoms. The molecule has 0 saturated carbocycles. The lowest BCUT2D eigenvalue weighted by Gasteiger charge is -2.16. The predicted octanol–water partition coefficient (Wildman–Crippen LogP) is 4.57. The minimum absolute atomic E-state index is 0.371. The molecule has 0 unspecified atom stereocenters. The van der Waals surface area contributed by atoms with Crippen molar-refractivity contribution in [2.24, 2.45) is 5.73 Å². The van der Waals surface area contributed by atoms with Gasteiger partial charge in [0.25, 0.3) is 0 Å². The van der Waals surface area contributed by atoms with Gasteiger partial charge >= 0.3 is 0 Å². The Bertz CT molecular complexity index is 818. The van der Waals surface area contributed by atoms with Gasteiger partial charge in [0.2, 0.25) is 0 Å². The number of hydrogen-bond acceptors (Lipinski definition) is 2. The molecule has 0 aliphatic rings. The fourth-order valence-corrected chi connectivity index (χ4v) is 3.04. The van der Waals surface area contributed by atoms with Gasteiger partial charge in [-0.2, -0.15) is 0 Å². The van der Waals surface area contributed by atoms with Crippen molar-refractivity contribution in [1.29, 1.82) is 0 Å². The highest BCUT2D eigenvalue weighted by Gasteiger charge is 2.13. The van der Waals surface area contributed by atoms with E-state index < -0.39 is 0 Å². The summed E-state index contributed by atoms with van der Waals surface area (Å²) >= 11 is 0. The molecule has 1 aromatic heterocycles. The molecule has 2 N–H and O–H groups in total. The first kappa shape index (κ1) is 15.6. The van der Waals surface area contributed by atoms with Crippen molar-refractivity contribution in [1.82, 2.24) is 4.57 Å². The fourth-order valence-electron chi connectivity index (χ4n) is 3.04. The Labute approximate surface area is 137 Å². The lowest BCUT2D eigenvalue weighted by molar-refractivity contribution is 0.291. The molecule has 0 saturated heterocycles. The zero-order valence-electron chi connectivity index (χ0n) is 14.0. The van der Waals surface area contributed by atoms with Gasteiger partial charge in [-0.1, -0.05) is 30.3 Å². The molecule has 0 aliphatic heterocycles. The van der Waals surface area contributed by atoms with Crippen LogP contribution < -0.4 is 10.5 Å². The molecule has 0 fully saturated rings. The highest BCUT2D eigenvalue weighted by Crippen LogP contribution is 2.27. The highest BCUT2D eigenvalue weighted by atomic mass is 16.5. The van der Waals surface area contributed by atoms with Gasteiger partial charge in [-0.3, -0.25) is 0 Å². The van der Waals surface area contributed by atoms with Crippen LogP contribution in [0.5, 0.6) is 5.75 Å². The first-order valence-electron chi connectivity index (χ1n) is 8.11. The number of nitrogens with zero attached hydrogens (tertiary/aromatic N) is 1. The summed E-state index contributed by atoms with van der Waals surface area (Å²) in [6.45, 7) is 7.60. The van der Waals surface area contributed by atoms with E-state index in [1.54, 1.807) is 0 Å². The molecule has 1 heterocycles. The molecule has 0 atom stereocenters. The van der Waals surface area contributed by atoms with Crippen LogP contribution in [-0.4, -0.2) is 4.57 Å². The van der Waals surface area contributed by atoms with E-state index in [1.165, 1.54) is 16.6 Å². The number of aryl methyl sites for hydroxylation is 1. The van der Waals surface area contributed by atoms with Crippen LogP contribution in [0.25, 0.3) is 10.9 Å². The lowest BCUT2D eigenvalue weighted by Crippen LogP contribution is -2.08. The quantitative estimate of drug-likeness (QED) is 0.750. The number of aromatic nitrogens is 1. The molecule has 3 aromatic rings. The van der Waals surface area contributed by atoms with Crippen molar-refractivity contribution >= 4 is 10.9 Å². The fraction of sp³-hybridized carbons (Fsp3) is 0.300. The molecule has 3 rings (SSSR count). The SMILES string of the molecule is Cc1ccccc1OCc1cc2ccc(CN)cc2n1C(C)C. The molecule has 2 aromatic carbocycles. The standard InChI is InChI=1S/C20H24N2O/c1-14(2)22-18(13-23-20-7-5-4-6-15(20)3)11-17-9-8-16(12-21)10-19(17)22/h4-11,14H,12-13,21H2,1-3H3. The molecular weight excluding hydrogens is 284 g/mol. The van der Waals surface area contributed by atoms with Crippen molar-refractivity contribution in [3.63, 3.8) is 0 Å². The second-order valence-corrected chi connectivity index (χ2v) is 6.25. The van der Waals surface area contributed by atoms with E-state index in [9.17, 15) is 0 Å². The number of para-hydroxylation sites is 1. The van der Waals surface area contributed by atoms with Crippen LogP contribution in [0.3, 0.4) is 0 Å². The summed E-state index contributed by atoms with van der Waals surface area (Å²) in [5.41, 5.74) is 10.5. The normalized spacial score (nSPS) is 11.3. The highest BCUT2D eigenvalue weighted by molar-refractivity contribution is 5.82. The number of fused-ring (bicyclic) bond motifs is 1. The average Bonchev–Trinajstić information content (AvgIpc) is 2.91. The Kier molecular flexibility index (Phi) is 4.39. The van der Waals surface area contributed by atoms with Crippen LogP contribution in [0.1, 0.15) is 36.7 Å². The van der Waals surface area contributed by atoms with Gasteiger partial charge in [0.1, 0.15) is 12.4 Å². The summed E-state index contributed by atoms with van der Waals surface area (Å²) in [5.74, 6) is 0.940. The zero-order chi connectivity index (χ0) is 16.4. The predicted molar refractivity (Wildman–Crippen MR) is 95.7 cm³/mol. The zero-order valence-corrected chi connectivity index (χ0v) is 14.0. The smallest absolute Gasteiger partial charge is 0.128 e. The summed E-state index contributed by atoms with van der Waals surface area (Å²) in [5, 5.41) is 1.24. The van der Waals surface area contributed by atoms with Crippen molar-refractivity contribution in [2.45, 2.75) is 40.0 Å². The summed E-state index contributed by atoms with van der Waals surface area (Å²) in [7, 11) is 0. The molecule has 0 bridgehead atoms. The van der Waals surface area contributed by atoms with Gasteiger partial charge in [-0.05, 0) is 50.1 Å². The first-order valence-corrected chi connectivity index (χ1v) is 8.11. The van der Waals surface area contributed by atoms with Gasteiger partial charge in [-0.15, -0.1) is 0 Å². The molecule has 0 radical (unpaired) electrons. The molecule has 0 spiro atoms. The van der Waals surface area contributed by atoms with E-state index >= 15 is 0 Å². The molecule has 23 heavy (non-hydrogen) atoms. The monoisotopic (exact) mass is 308 g/mol. The van der Waals surface area contributed by atoms with E-state index in [-0.39, 0.29) is 0 Å². The summed E-state index contributed by atoms with van der Waals surface area (Å²) in [6, 6.07) is 17.1. The first-order chi connectivity index (χ1) is 11.1. The summed E-state index contributed by atoms with van der Waals surface area (Å²) in [4.78, 5) is 0. The Hall–Kier alpha value is -2.26. The third-order valence-corrected chi connectivity index (χ3v) is 4.21. The minimum Gasteiger partial charge on any atom is -0.487 e. The number of rotatable bonds is 5. The van der Waals surface area contributed by atoms with Crippen LogP contribution in [0.15, 0.2) is 48.5 Å². The van der Waals surface area contributed by atoms with E-state index in [0.29, 0.717) is 19.2 Å². The maximum Gasteiger partial charge on any atom is 0.128 e. The van der Waals surface area contributed by atoms with E-state index in [4.69, 9.17) is 10.5 Å². The topological polar surface area (TPSA) is 40.2 Å². The van der Waals surface area contributed by atoms with E-state index in [2.05, 4.69) is 55.7 Å². The van der Waals surface area contributed by atoms with Crippen molar-refractivity contribution < 1.29 is 4.74 Å². The minimum atomic E-state index is 0.371. The summed E-state index contributed by atoms with van der Waals surface area (Å²) < 4.78 is 8.39. The number of ether oxygens (including phenoxy) is 1. The van der Waals surface area contributed by atoms with Crippen LogP contribution in [0, 0.1) is 6.92 Å². The van der Waals surface area contributed by atoms with Crippen molar-refractivity contribution in [2.75, 3.05) is 0 Å². The second kappa shape index (κ2) is 6.47. The van der Waals surface area contributed by atoms with Crippen LogP contribution in [0.4, 0.5) is 0 Å². The van der Waals surface area contributed by atoms with Crippen LogP contribution in [-0.2, 0) is 13.2 Å². The van der Waals surface area contributed by atoms with E-state index in [0.717, 1.165) is 16.9 Å². The molecule has 0 amide bonds. The van der Waals surface area contributed by atoms with Gasteiger partial charge < -0.3 is 15.0 Å². The molecule has 0 aliphatic carbocycles. The molecule has 120 valence electrons. The van der Waals surface area contributed by atoms with E-state index in [1.807, 2.05) is 18.2 Å². The Morgan fingerprint density at radius 2 is 1.87 bits per heavy atom. The second-order valence-electron chi connectivity index (χ2n) is 6.25. The number of hydrogen-bond donors (Lipinski definition) is 1. The Balaban J connectivity index is 1.96. The maximum atomic E-state index is 6.05. The van der Waals surface area contributed by atoms with Gasteiger partial charge in [0.05, 0.1) is 5.69 Å². The number of nitrogens with two attached hydrogens (primary N) is 1. The average molecular weight is 308 g/mol.